The highest BCUT2D eigenvalue weighted by Gasteiger charge is 2.01. The van der Waals surface area contributed by atoms with Gasteiger partial charge in [-0.25, -0.2) is 9.89 Å². The summed E-state index contributed by atoms with van der Waals surface area (Å²) in [4.78, 5) is 15.0. The smallest absolute Gasteiger partial charge is 0.363 e. The lowest BCUT2D eigenvalue weighted by atomic mass is 10.1. The van der Waals surface area contributed by atoms with Gasteiger partial charge in [0.2, 0.25) is 0 Å². The first-order chi connectivity index (χ1) is 12.6. The average molecular weight is 349 g/mol. The molecule has 132 valence electrons. The van der Waals surface area contributed by atoms with Crippen molar-refractivity contribution in [3.8, 4) is 5.75 Å². The summed E-state index contributed by atoms with van der Waals surface area (Å²) in [7, 11) is 0. The van der Waals surface area contributed by atoms with Crippen LogP contribution in [0.5, 0.6) is 5.75 Å². The minimum Gasteiger partial charge on any atom is -0.489 e. The van der Waals surface area contributed by atoms with Gasteiger partial charge in [-0.15, -0.1) is 0 Å². The van der Waals surface area contributed by atoms with E-state index in [1.807, 2.05) is 36.4 Å². The highest BCUT2D eigenvalue weighted by atomic mass is 16.5. The lowest BCUT2D eigenvalue weighted by Crippen LogP contribution is -2.15. The van der Waals surface area contributed by atoms with Crippen molar-refractivity contribution in [3.63, 3.8) is 0 Å². The van der Waals surface area contributed by atoms with Crippen LogP contribution in [0.2, 0.25) is 0 Å². The van der Waals surface area contributed by atoms with Crippen LogP contribution in [0.25, 0.3) is 0 Å². The Balaban J connectivity index is 1.63. The molecule has 0 aliphatic heterocycles. The minimum atomic E-state index is -0.528. The second-order valence-corrected chi connectivity index (χ2v) is 5.79. The number of aromatic nitrogens is 3. The van der Waals surface area contributed by atoms with Crippen LogP contribution in [0.4, 0.5) is 5.82 Å². The Hall–Kier alpha value is -3.48. The highest BCUT2D eigenvalue weighted by Crippen LogP contribution is 2.15. The number of hydrazone groups is 1. The molecule has 0 aliphatic rings. The molecule has 0 fully saturated rings. The molecule has 0 unspecified atom stereocenters. The topological polar surface area (TPSA) is 92.3 Å². The highest BCUT2D eigenvalue weighted by molar-refractivity contribution is 5.80. The quantitative estimate of drug-likeness (QED) is 0.527. The van der Waals surface area contributed by atoms with Crippen LogP contribution in [0.15, 0.2) is 58.4 Å². The van der Waals surface area contributed by atoms with Crippen LogP contribution in [0, 0.1) is 13.8 Å². The summed E-state index contributed by atoms with van der Waals surface area (Å²) in [5.74, 6) is 1.07. The van der Waals surface area contributed by atoms with E-state index in [1.54, 1.807) is 13.1 Å². The summed E-state index contributed by atoms with van der Waals surface area (Å²) in [6.07, 6.45) is 1.63. The van der Waals surface area contributed by atoms with E-state index < -0.39 is 5.69 Å². The Bertz CT molecular complexity index is 981. The van der Waals surface area contributed by atoms with E-state index in [0.29, 0.717) is 18.1 Å². The number of aromatic amines is 1. The maximum absolute atomic E-state index is 11.2. The van der Waals surface area contributed by atoms with Crippen LogP contribution < -0.4 is 15.9 Å². The van der Waals surface area contributed by atoms with Gasteiger partial charge < -0.3 is 4.74 Å². The fraction of sp³-hybridized carbons (Fsp3) is 0.158. The molecule has 0 atom stereocenters. The normalized spacial score (nSPS) is 10.8. The molecule has 1 heterocycles. The number of hydrogen-bond donors (Lipinski definition) is 2. The molecule has 7 nitrogen and oxygen atoms in total. The standard InChI is InChI=1S/C19H19N5O2/c1-13-5-3-7-16(9-13)12-26-17-8-4-6-15(10-17)11-20-23-18-14(2)22-24-19(25)21-18/h3-11H,12H2,1-2H3,(H2,21,23,24,25)/b20-11-. The lowest BCUT2D eigenvalue weighted by Gasteiger charge is -2.07. The fourth-order valence-corrected chi connectivity index (χ4v) is 2.32. The molecule has 0 saturated carbocycles. The first kappa shape index (κ1) is 17.3. The van der Waals surface area contributed by atoms with Gasteiger partial charge in [0.25, 0.3) is 0 Å². The summed E-state index contributed by atoms with van der Waals surface area (Å²) in [6, 6.07) is 15.8. The summed E-state index contributed by atoms with van der Waals surface area (Å²) < 4.78 is 5.84. The van der Waals surface area contributed by atoms with Crippen molar-refractivity contribution in [2.45, 2.75) is 20.5 Å². The zero-order valence-corrected chi connectivity index (χ0v) is 14.6. The third kappa shape index (κ3) is 4.76. The summed E-state index contributed by atoms with van der Waals surface area (Å²) >= 11 is 0. The predicted octanol–water partition coefficient (Wildman–Crippen LogP) is 2.81. The molecule has 1 aromatic heterocycles. The second-order valence-electron chi connectivity index (χ2n) is 5.79. The molecule has 0 radical (unpaired) electrons. The van der Waals surface area contributed by atoms with Gasteiger partial charge in [-0.2, -0.15) is 15.2 Å². The SMILES string of the molecule is Cc1cccc(COc2cccc(/C=N\Nc3nc(=O)[nH]nc3C)c2)c1. The zero-order chi connectivity index (χ0) is 18.4. The van der Waals surface area contributed by atoms with E-state index in [4.69, 9.17) is 4.74 Å². The van der Waals surface area contributed by atoms with Gasteiger partial charge in [0, 0.05) is 0 Å². The van der Waals surface area contributed by atoms with Crippen molar-refractivity contribution in [3.05, 3.63) is 81.4 Å². The van der Waals surface area contributed by atoms with Crippen LogP contribution in [0.1, 0.15) is 22.4 Å². The predicted molar refractivity (Wildman–Crippen MR) is 101 cm³/mol. The van der Waals surface area contributed by atoms with Gasteiger partial charge in [-0.05, 0) is 37.1 Å². The first-order valence-corrected chi connectivity index (χ1v) is 8.11. The Kier molecular flexibility index (Phi) is 5.38. The maximum atomic E-state index is 11.2. The summed E-state index contributed by atoms with van der Waals surface area (Å²) in [6.45, 7) is 4.28. The van der Waals surface area contributed by atoms with Gasteiger partial charge in [-0.3, -0.25) is 5.43 Å². The molecule has 26 heavy (non-hydrogen) atoms. The average Bonchev–Trinajstić information content (AvgIpc) is 2.63. The largest absolute Gasteiger partial charge is 0.489 e. The Morgan fingerprint density at radius 2 is 2.04 bits per heavy atom. The third-order valence-electron chi connectivity index (χ3n) is 3.61. The number of aryl methyl sites for hydroxylation is 2. The molecule has 7 heteroatoms. The number of hydrogen-bond acceptors (Lipinski definition) is 6. The fourth-order valence-electron chi connectivity index (χ4n) is 2.32. The maximum Gasteiger partial charge on any atom is 0.363 e. The first-order valence-electron chi connectivity index (χ1n) is 8.11. The summed E-state index contributed by atoms with van der Waals surface area (Å²) in [5.41, 5.74) is 5.93. The molecule has 0 bridgehead atoms. The Morgan fingerprint density at radius 1 is 1.19 bits per heavy atom. The number of benzene rings is 2. The third-order valence-corrected chi connectivity index (χ3v) is 3.61. The molecule has 3 rings (SSSR count). The van der Waals surface area contributed by atoms with Gasteiger partial charge in [0.15, 0.2) is 5.82 Å². The molecule has 0 saturated heterocycles. The molecule has 0 spiro atoms. The number of rotatable bonds is 6. The minimum absolute atomic E-state index is 0.317. The number of anilines is 1. The molecular formula is C19H19N5O2. The zero-order valence-electron chi connectivity index (χ0n) is 14.6. The van der Waals surface area contributed by atoms with E-state index >= 15 is 0 Å². The Morgan fingerprint density at radius 3 is 2.88 bits per heavy atom. The van der Waals surface area contributed by atoms with Gasteiger partial charge in [0.1, 0.15) is 18.1 Å². The van der Waals surface area contributed by atoms with Crippen molar-refractivity contribution < 1.29 is 4.74 Å². The van der Waals surface area contributed by atoms with E-state index in [1.165, 1.54) is 5.56 Å². The molecular weight excluding hydrogens is 330 g/mol. The van der Waals surface area contributed by atoms with Gasteiger partial charge in [0.05, 0.1) is 6.21 Å². The van der Waals surface area contributed by atoms with Gasteiger partial charge >= 0.3 is 5.69 Å². The van der Waals surface area contributed by atoms with Crippen LogP contribution in [-0.2, 0) is 6.61 Å². The second kappa shape index (κ2) is 8.06. The van der Waals surface area contributed by atoms with Crippen molar-refractivity contribution >= 4 is 12.0 Å². The van der Waals surface area contributed by atoms with Crippen LogP contribution >= 0.6 is 0 Å². The molecule has 3 aromatic rings. The van der Waals surface area contributed by atoms with Crippen molar-refractivity contribution in [2.24, 2.45) is 5.10 Å². The molecule has 0 aliphatic carbocycles. The van der Waals surface area contributed by atoms with E-state index in [2.05, 4.69) is 44.8 Å². The Labute approximate surface area is 150 Å². The number of H-pyrrole nitrogens is 1. The monoisotopic (exact) mass is 349 g/mol. The van der Waals surface area contributed by atoms with Gasteiger partial charge in [-0.1, -0.05) is 42.0 Å². The molecule has 2 aromatic carbocycles. The van der Waals surface area contributed by atoms with E-state index in [9.17, 15) is 4.79 Å². The number of ether oxygens (including phenoxy) is 1. The van der Waals surface area contributed by atoms with E-state index in [-0.39, 0.29) is 0 Å². The summed E-state index contributed by atoms with van der Waals surface area (Å²) in [5, 5.41) is 10.2. The van der Waals surface area contributed by atoms with E-state index in [0.717, 1.165) is 16.9 Å². The van der Waals surface area contributed by atoms with Crippen molar-refractivity contribution in [2.75, 3.05) is 5.43 Å². The van der Waals surface area contributed by atoms with Crippen molar-refractivity contribution in [1.82, 2.24) is 15.2 Å². The molecule has 2 N–H and O–H groups in total. The lowest BCUT2D eigenvalue weighted by molar-refractivity contribution is 0.306. The van der Waals surface area contributed by atoms with Crippen LogP contribution in [0.3, 0.4) is 0 Å². The van der Waals surface area contributed by atoms with Crippen molar-refractivity contribution in [1.29, 1.82) is 0 Å². The molecule has 0 amide bonds. The van der Waals surface area contributed by atoms with Crippen LogP contribution in [-0.4, -0.2) is 21.4 Å². The number of nitrogens with zero attached hydrogens (tertiary/aromatic N) is 3. The number of nitrogens with one attached hydrogen (secondary N) is 2.